The quantitative estimate of drug-likeness (QED) is 0.413. The standard InChI is InChI=1S/C24H32N4O6S2/c1-14-20-19(15(2)29)23(30)28(20)21(24(31)32)22(14)35-18-10-17(25-11-18)13-27-9-8-26(36(27,33)34)12-16-6-4-3-5-7-16/h3-7,14-15,17-20,25,29H,8-13H2,1-2H3,(H,31,32)/t14-,15-,17+,18+,19-,20-/m1/s1. The first-order chi connectivity index (χ1) is 17.1. The van der Waals surface area contributed by atoms with E-state index in [1.165, 1.54) is 25.3 Å². The topological polar surface area (TPSA) is 130 Å². The average Bonchev–Trinajstić information content (AvgIpc) is 3.45. The molecule has 4 heterocycles. The van der Waals surface area contributed by atoms with Crippen molar-refractivity contribution in [1.29, 1.82) is 0 Å². The first-order valence-corrected chi connectivity index (χ1v) is 14.5. The lowest BCUT2D eigenvalue weighted by molar-refractivity contribution is -0.163. The fourth-order valence-electron chi connectivity index (χ4n) is 5.87. The Morgan fingerprint density at radius 1 is 1.22 bits per heavy atom. The predicted molar refractivity (Wildman–Crippen MR) is 135 cm³/mol. The third-order valence-electron chi connectivity index (χ3n) is 7.66. The van der Waals surface area contributed by atoms with E-state index in [0.717, 1.165) is 5.56 Å². The van der Waals surface area contributed by atoms with Crippen LogP contribution in [-0.2, 0) is 26.3 Å². The number of rotatable bonds is 8. The third kappa shape index (κ3) is 4.37. The Morgan fingerprint density at radius 3 is 2.58 bits per heavy atom. The van der Waals surface area contributed by atoms with Crippen LogP contribution < -0.4 is 5.32 Å². The van der Waals surface area contributed by atoms with Crippen LogP contribution in [0.15, 0.2) is 40.9 Å². The third-order valence-corrected chi connectivity index (χ3v) is 11.1. The van der Waals surface area contributed by atoms with Crippen LogP contribution in [0.5, 0.6) is 0 Å². The molecule has 0 unspecified atom stereocenters. The minimum atomic E-state index is -3.54. The number of nitrogens with one attached hydrogen (secondary N) is 1. The van der Waals surface area contributed by atoms with E-state index in [4.69, 9.17) is 0 Å². The Bertz CT molecular complexity index is 1170. The summed E-state index contributed by atoms with van der Waals surface area (Å²) in [6.07, 6.45) is -0.140. The van der Waals surface area contributed by atoms with Gasteiger partial charge in [-0.15, -0.1) is 11.8 Å². The average molecular weight is 537 g/mol. The van der Waals surface area contributed by atoms with Crippen LogP contribution in [0.1, 0.15) is 25.8 Å². The van der Waals surface area contributed by atoms with Crippen molar-refractivity contribution < 1.29 is 28.2 Å². The fourth-order valence-corrected chi connectivity index (χ4v) is 9.02. The first kappa shape index (κ1) is 25.7. The maximum absolute atomic E-state index is 13.1. The molecule has 1 amide bonds. The molecule has 3 fully saturated rings. The number of carboxylic acids is 1. The van der Waals surface area contributed by atoms with E-state index in [-0.39, 0.29) is 34.9 Å². The molecule has 0 aromatic heterocycles. The van der Waals surface area contributed by atoms with E-state index < -0.39 is 28.2 Å². The second kappa shape index (κ2) is 9.73. The molecule has 0 spiro atoms. The van der Waals surface area contributed by atoms with Crippen LogP contribution >= 0.6 is 11.8 Å². The molecule has 36 heavy (non-hydrogen) atoms. The second-order valence-electron chi connectivity index (χ2n) is 10.0. The molecule has 3 saturated heterocycles. The lowest BCUT2D eigenvalue weighted by atomic mass is 9.79. The van der Waals surface area contributed by atoms with E-state index in [1.807, 2.05) is 37.3 Å². The van der Waals surface area contributed by atoms with Gasteiger partial charge in [0.15, 0.2) is 0 Å². The summed E-state index contributed by atoms with van der Waals surface area (Å²) >= 11 is 1.47. The molecule has 0 bridgehead atoms. The van der Waals surface area contributed by atoms with Crippen LogP contribution in [0.2, 0.25) is 0 Å². The van der Waals surface area contributed by atoms with Gasteiger partial charge in [-0.05, 0) is 18.9 Å². The van der Waals surface area contributed by atoms with E-state index in [9.17, 15) is 28.2 Å². The molecule has 0 saturated carbocycles. The molecule has 5 rings (SSSR count). The van der Waals surface area contributed by atoms with Crippen LogP contribution in [0.4, 0.5) is 0 Å². The lowest BCUT2D eigenvalue weighted by Gasteiger charge is -2.46. The molecule has 12 heteroatoms. The van der Waals surface area contributed by atoms with Gasteiger partial charge in [0.2, 0.25) is 5.91 Å². The zero-order valence-electron chi connectivity index (χ0n) is 20.3. The van der Waals surface area contributed by atoms with E-state index in [1.54, 1.807) is 6.92 Å². The number of benzene rings is 1. The van der Waals surface area contributed by atoms with Crippen molar-refractivity contribution in [2.24, 2.45) is 11.8 Å². The molecule has 0 radical (unpaired) electrons. The maximum Gasteiger partial charge on any atom is 0.353 e. The molecule has 6 atom stereocenters. The van der Waals surface area contributed by atoms with Crippen molar-refractivity contribution in [3.63, 3.8) is 0 Å². The zero-order chi connectivity index (χ0) is 25.8. The number of thioether (sulfide) groups is 1. The van der Waals surface area contributed by atoms with Crippen LogP contribution in [-0.4, -0.2) is 93.6 Å². The minimum absolute atomic E-state index is 0.0292. The van der Waals surface area contributed by atoms with E-state index in [2.05, 4.69) is 5.32 Å². The molecular formula is C24H32N4O6S2. The molecule has 4 aliphatic rings. The Kier molecular flexibility index (Phi) is 6.94. The van der Waals surface area contributed by atoms with Gasteiger partial charge in [0, 0.05) is 54.8 Å². The minimum Gasteiger partial charge on any atom is -0.477 e. The number of aliphatic hydroxyl groups excluding tert-OH is 1. The van der Waals surface area contributed by atoms with Gasteiger partial charge in [0.05, 0.1) is 18.1 Å². The Balaban J connectivity index is 1.22. The van der Waals surface area contributed by atoms with Crippen molar-refractivity contribution in [3.05, 3.63) is 46.5 Å². The van der Waals surface area contributed by atoms with Gasteiger partial charge in [0.25, 0.3) is 10.2 Å². The highest BCUT2D eigenvalue weighted by atomic mass is 32.2. The molecule has 1 aromatic carbocycles. The largest absolute Gasteiger partial charge is 0.477 e. The summed E-state index contributed by atoms with van der Waals surface area (Å²) in [4.78, 5) is 26.6. The molecule has 1 aromatic rings. The number of β-lactam (4-membered cyclic amide) rings is 1. The summed E-state index contributed by atoms with van der Waals surface area (Å²) in [6.45, 7) is 5.71. The number of aliphatic carboxylic acids is 1. The van der Waals surface area contributed by atoms with Crippen LogP contribution in [0.3, 0.4) is 0 Å². The maximum atomic E-state index is 13.1. The Morgan fingerprint density at radius 2 is 1.92 bits per heavy atom. The first-order valence-electron chi connectivity index (χ1n) is 12.3. The molecule has 196 valence electrons. The van der Waals surface area contributed by atoms with Gasteiger partial charge in [-0.3, -0.25) is 4.79 Å². The number of carbonyl (C=O) groups excluding carboxylic acids is 1. The van der Waals surface area contributed by atoms with Crippen molar-refractivity contribution in [2.45, 2.75) is 50.3 Å². The van der Waals surface area contributed by atoms with Crippen LogP contribution in [0, 0.1) is 11.8 Å². The number of carbonyl (C=O) groups is 2. The smallest absolute Gasteiger partial charge is 0.353 e. The van der Waals surface area contributed by atoms with Gasteiger partial charge in [-0.25, -0.2) is 4.79 Å². The summed E-state index contributed by atoms with van der Waals surface area (Å²) in [5.41, 5.74) is 0.981. The normalized spacial score (nSPS) is 33.1. The number of hydrogen-bond donors (Lipinski definition) is 3. The summed E-state index contributed by atoms with van der Waals surface area (Å²) in [6, 6.07) is 9.17. The lowest BCUT2D eigenvalue weighted by Crippen LogP contribution is -2.63. The number of nitrogens with zero attached hydrogens (tertiary/aromatic N) is 3. The SMILES string of the molecule is C[C@@H](O)[C@H]1C(=O)N2C(C(=O)O)=C(S[C@@H]3CN[C@H](CN4CCN(Cc5ccccc5)S4(=O)=O)C3)[C@H](C)[C@H]12. The van der Waals surface area contributed by atoms with Crippen molar-refractivity contribution in [3.8, 4) is 0 Å². The number of carboxylic acid groups (broad SMARTS) is 1. The summed E-state index contributed by atoms with van der Waals surface area (Å²) < 4.78 is 29.2. The molecule has 3 N–H and O–H groups in total. The fraction of sp³-hybridized carbons (Fsp3) is 0.583. The zero-order valence-corrected chi connectivity index (χ0v) is 21.9. The predicted octanol–water partition coefficient (Wildman–Crippen LogP) is 0.666. The number of fused-ring (bicyclic) bond motifs is 1. The van der Waals surface area contributed by atoms with Crippen LogP contribution in [0.25, 0.3) is 0 Å². The van der Waals surface area contributed by atoms with Gasteiger partial charge in [-0.2, -0.15) is 17.0 Å². The van der Waals surface area contributed by atoms with Gasteiger partial charge in [-0.1, -0.05) is 37.3 Å². The molecule has 0 aliphatic carbocycles. The highest BCUT2D eigenvalue weighted by Crippen LogP contribution is 2.51. The van der Waals surface area contributed by atoms with E-state index in [0.29, 0.717) is 44.0 Å². The molecule has 10 nitrogen and oxygen atoms in total. The van der Waals surface area contributed by atoms with Crippen molar-refractivity contribution >= 4 is 33.8 Å². The highest BCUT2D eigenvalue weighted by molar-refractivity contribution is 8.03. The van der Waals surface area contributed by atoms with Gasteiger partial charge >= 0.3 is 5.97 Å². The number of hydrogen-bond acceptors (Lipinski definition) is 7. The summed E-state index contributed by atoms with van der Waals surface area (Å²) in [7, 11) is -3.54. The number of amides is 1. The molecule has 4 aliphatic heterocycles. The summed E-state index contributed by atoms with van der Waals surface area (Å²) in [5, 5.41) is 23.3. The van der Waals surface area contributed by atoms with Gasteiger partial charge < -0.3 is 20.4 Å². The Hall–Kier alpha value is -1.96. The number of aliphatic hydroxyl groups is 1. The second-order valence-corrected chi connectivity index (χ2v) is 13.3. The van der Waals surface area contributed by atoms with Crippen molar-refractivity contribution in [2.75, 3.05) is 26.2 Å². The highest BCUT2D eigenvalue weighted by Gasteiger charge is 2.60. The monoisotopic (exact) mass is 536 g/mol. The van der Waals surface area contributed by atoms with Crippen molar-refractivity contribution in [1.82, 2.24) is 18.8 Å². The van der Waals surface area contributed by atoms with Gasteiger partial charge in [0.1, 0.15) is 5.70 Å². The summed E-state index contributed by atoms with van der Waals surface area (Å²) in [5.74, 6) is -2.23. The van der Waals surface area contributed by atoms with E-state index >= 15 is 0 Å². The Labute approximate surface area is 215 Å². The molecular weight excluding hydrogens is 504 g/mol.